The number of amides is 2. The molecule has 1 fully saturated rings. The number of likely N-dealkylation sites (tertiary alicyclic amines) is 1. The van der Waals surface area contributed by atoms with Gasteiger partial charge in [-0.05, 0) is 37.8 Å². The van der Waals surface area contributed by atoms with Crippen molar-refractivity contribution in [1.29, 1.82) is 0 Å². The second-order valence-electron chi connectivity index (χ2n) is 5.44. The Morgan fingerprint density at radius 1 is 1.29 bits per heavy atom. The monoisotopic (exact) mass is 291 g/mol. The molecule has 2 amide bonds. The SMILES string of the molecule is CCCCC(=O)/C=C(C)/C=C/CCC(=O)N1CCCC1=O. The van der Waals surface area contributed by atoms with Crippen molar-refractivity contribution >= 4 is 17.6 Å². The molecule has 0 saturated carbocycles. The Labute approximate surface area is 126 Å². The molecule has 0 aromatic heterocycles. The molecule has 1 saturated heterocycles. The lowest BCUT2D eigenvalue weighted by Gasteiger charge is -2.12. The van der Waals surface area contributed by atoms with Gasteiger partial charge in [0.05, 0.1) is 0 Å². The summed E-state index contributed by atoms with van der Waals surface area (Å²) in [5, 5.41) is 0. The second kappa shape index (κ2) is 9.27. The van der Waals surface area contributed by atoms with Gasteiger partial charge >= 0.3 is 0 Å². The second-order valence-corrected chi connectivity index (χ2v) is 5.44. The van der Waals surface area contributed by atoms with Gasteiger partial charge in [0.15, 0.2) is 5.78 Å². The first kappa shape index (κ1) is 17.3. The van der Waals surface area contributed by atoms with Crippen LogP contribution in [-0.2, 0) is 14.4 Å². The molecule has 1 aliphatic rings. The average Bonchev–Trinajstić information content (AvgIpc) is 2.87. The predicted molar refractivity (Wildman–Crippen MR) is 82.6 cm³/mol. The number of imide groups is 1. The molecule has 0 radical (unpaired) electrons. The van der Waals surface area contributed by atoms with Crippen LogP contribution in [0.2, 0.25) is 0 Å². The zero-order valence-corrected chi connectivity index (χ0v) is 13.1. The van der Waals surface area contributed by atoms with Crippen LogP contribution in [0.5, 0.6) is 0 Å². The van der Waals surface area contributed by atoms with Crippen LogP contribution in [-0.4, -0.2) is 29.0 Å². The van der Waals surface area contributed by atoms with E-state index in [1.807, 2.05) is 19.1 Å². The molecule has 0 N–H and O–H groups in total. The van der Waals surface area contributed by atoms with Crippen LogP contribution >= 0.6 is 0 Å². The molecule has 4 nitrogen and oxygen atoms in total. The minimum Gasteiger partial charge on any atom is -0.295 e. The largest absolute Gasteiger partial charge is 0.295 e. The number of carbonyl (C=O) groups excluding carboxylic acids is 3. The first-order chi connectivity index (χ1) is 10.0. The quantitative estimate of drug-likeness (QED) is 0.510. The molecule has 116 valence electrons. The maximum atomic E-state index is 11.8. The van der Waals surface area contributed by atoms with Crippen molar-refractivity contribution in [3.8, 4) is 0 Å². The lowest BCUT2D eigenvalue weighted by molar-refractivity contribution is -0.141. The molecule has 0 atom stereocenters. The fourth-order valence-corrected chi connectivity index (χ4v) is 2.25. The van der Waals surface area contributed by atoms with Gasteiger partial charge in [-0.1, -0.05) is 25.5 Å². The van der Waals surface area contributed by atoms with E-state index in [1.165, 1.54) is 4.90 Å². The smallest absolute Gasteiger partial charge is 0.229 e. The summed E-state index contributed by atoms with van der Waals surface area (Å²) in [7, 11) is 0. The highest BCUT2D eigenvalue weighted by Gasteiger charge is 2.25. The van der Waals surface area contributed by atoms with Crippen molar-refractivity contribution in [2.24, 2.45) is 0 Å². The fraction of sp³-hybridized carbons (Fsp3) is 0.588. The third kappa shape index (κ3) is 6.52. The molecule has 1 heterocycles. The standard InChI is InChI=1S/C17H25NO3/c1-3-4-9-15(19)13-14(2)8-5-6-10-16(20)18-12-7-11-17(18)21/h5,8,13H,3-4,6-7,9-12H2,1-2H3/b8-5+,14-13+. The number of allylic oxidation sites excluding steroid dienone is 4. The van der Waals surface area contributed by atoms with Crippen LogP contribution in [0, 0.1) is 0 Å². The van der Waals surface area contributed by atoms with Gasteiger partial charge < -0.3 is 0 Å². The van der Waals surface area contributed by atoms with E-state index >= 15 is 0 Å². The van der Waals surface area contributed by atoms with Crippen LogP contribution in [0.15, 0.2) is 23.8 Å². The number of carbonyl (C=O) groups is 3. The van der Waals surface area contributed by atoms with E-state index in [2.05, 4.69) is 6.92 Å². The third-order valence-electron chi connectivity index (χ3n) is 3.45. The van der Waals surface area contributed by atoms with Crippen molar-refractivity contribution in [3.63, 3.8) is 0 Å². The molecule has 1 rings (SSSR count). The minimum absolute atomic E-state index is 0.0541. The van der Waals surface area contributed by atoms with Crippen molar-refractivity contribution in [2.45, 2.75) is 58.8 Å². The highest BCUT2D eigenvalue weighted by atomic mass is 16.2. The van der Waals surface area contributed by atoms with Crippen molar-refractivity contribution in [3.05, 3.63) is 23.8 Å². The van der Waals surface area contributed by atoms with Gasteiger partial charge in [0.2, 0.25) is 11.8 Å². The molecule has 0 unspecified atom stereocenters. The Balaban J connectivity index is 2.30. The van der Waals surface area contributed by atoms with Gasteiger partial charge in [-0.15, -0.1) is 0 Å². The van der Waals surface area contributed by atoms with Gasteiger partial charge in [-0.3, -0.25) is 19.3 Å². The van der Waals surface area contributed by atoms with E-state index in [-0.39, 0.29) is 17.6 Å². The molecular formula is C17H25NO3. The summed E-state index contributed by atoms with van der Waals surface area (Å²) in [6.45, 7) is 4.50. The lowest BCUT2D eigenvalue weighted by atomic mass is 10.1. The predicted octanol–water partition coefficient (Wildman–Crippen LogP) is 3.18. The first-order valence-corrected chi connectivity index (χ1v) is 7.75. The maximum absolute atomic E-state index is 11.8. The number of hydrogen-bond donors (Lipinski definition) is 0. The summed E-state index contributed by atoms with van der Waals surface area (Å²) in [6, 6.07) is 0. The number of ketones is 1. The molecule has 21 heavy (non-hydrogen) atoms. The number of nitrogens with zero attached hydrogens (tertiary/aromatic N) is 1. The molecule has 0 spiro atoms. The third-order valence-corrected chi connectivity index (χ3v) is 3.45. The molecule has 1 aliphatic heterocycles. The maximum Gasteiger partial charge on any atom is 0.229 e. The number of unbranched alkanes of at least 4 members (excludes halogenated alkanes) is 1. The highest BCUT2D eigenvalue weighted by Crippen LogP contribution is 2.12. The van der Waals surface area contributed by atoms with Gasteiger partial charge in [0, 0.05) is 25.8 Å². The van der Waals surface area contributed by atoms with Gasteiger partial charge in [0.25, 0.3) is 0 Å². The Hall–Kier alpha value is -1.71. The summed E-state index contributed by atoms with van der Waals surface area (Å²) in [4.78, 5) is 36.1. The zero-order chi connectivity index (χ0) is 15.7. The van der Waals surface area contributed by atoms with Crippen LogP contribution < -0.4 is 0 Å². The van der Waals surface area contributed by atoms with E-state index in [0.29, 0.717) is 32.2 Å². The number of rotatable bonds is 8. The Morgan fingerprint density at radius 3 is 2.67 bits per heavy atom. The van der Waals surface area contributed by atoms with Gasteiger partial charge in [-0.25, -0.2) is 0 Å². The van der Waals surface area contributed by atoms with E-state index in [4.69, 9.17) is 0 Å². The Bertz CT molecular complexity index is 449. The highest BCUT2D eigenvalue weighted by molar-refractivity contribution is 5.96. The van der Waals surface area contributed by atoms with Crippen molar-refractivity contribution < 1.29 is 14.4 Å². The van der Waals surface area contributed by atoms with Crippen LogP contribution in [0.3, 0.4) is 0 Å². The molecule has 0 bridgehead atoms. The normalized spacial score (nSPS) is 16.0. The summed E-state index contributed by atoms with van der Waals surface area (Å²) in [6.07, 6.45) is 10.1. The summed E-state index contributed by atoms with van der Waals surface area (Å²) >= 11 is 0. The van der Waals surface area contributed by atoms with Crippen molar-refractivity contribution in [1.82, 2.24) is 4.90 Å². The lowest BCUT2D eigenvalue weighted by Crippen LogP contribution is -2.31. The van der Waals surface area contributed by atoms with E-state index in [1.54, 1.807) is 6.08 Å². The van der Waals surface area contributed by atoms with E-state index in [0.717, 1.165) is 24.8 Å². The van der Waals surface area contributed by atoms with Crippen LogP contribution in [0.25, 0.3) is 0 Å². The summed E-state index contributed by atoms with van der Waals surface area (Å²) in [5.74, 6) is 0.00196. The Kier molecular flexibility index (Phi) is 7.65. The molecule has 0 aromatic carbocycles. The molecule has 4 heteroatoms. The zero-order valence-electron chi connectivity index (χ0n) is 13.1. The van der Waals surface area contributed by atoms with E-state index < -0.39 is 0 Å². The van der Waals surface area contributed by atoms with Crippen molar-refractivity contribution in [2.75, 3.05) is 6.54 Å². The summed E-state index contributed by atoms with van der Waals surface area (Å²) < 4.78 is 0. The van der Waals surface area contributed by atoms with Crippen LogP contribution in [0.4, 0.5) is 0 Å². The summed E-state index contributed by atoms with van der Waals surface area (Å²) in [5.41, 5.74) is 0.904. The van der Waals surface area contributed by atoms with Crippen LogP contribution in [0.1, 0.15) is 58.8 Å². The molecule has 0 aromatic rings. The van der Waals surface area contributed by atoms with E-state index in [9.17, 15) is 14.4 Å². The average molecular weight is 291 g/mol. The Morgan fingerprint density at radius 2 is 2.05 bits per heavy atom. The minimum atomic E-state index is -0.0946. The van der Waals surface area contributed by atoms with Gasteiger partial charge in [-0.2, -0.15) is 0 Å². The molecule has 0 aliphatic carbocycles. The topological polar surface area (TPSA) is 54.5 Å². The molecular weight excluding hydrogens is 266 g/mol. The first-order valence-electron chi connectivity index (χ1n) is 7.75. The van der Waals surface area contributed by atoms with Gasteiger partial charge in [0.1, 0.15) is 0 Å². The fourth-order valence-electron chi connectivity index (χ4n) is 2.25. The number of hydrogen-bond acceptors (Lipinski definition) is 3.